The van der Waals surface area contributed by atoms with Crippen molar-refractivity contribution in [1.82, 2.24) is 19.9 Å². The van der Waals surface area contributed by atoms with Gasteiger partial charge in [-0.1, -0.05) is 0 Å². The SMILES string of the molecule is O=P(O)(O)OC[C@H]1OC(Oc2ccc(Br)c(O)c2CNc2ncnc3nc[nH]c23)[C@H](O)[C@@H]1O. The summed E-state index contributed by atoms with van der Waals surface area (Å²) in [4.78, 5) is 32.8. The van der Waals surface area contributed by atoms with Gasteiger partial charge in [0.15, 0.2) is 11.5 Å². The highest BCUT2D eigenvalue weighted by Crippen LogP contribution is 2.39. The van der Waals surface area contributed by atoms with Crippen molar-refractivity contribution in [2.24, 2.45) is 0 Å². The summed E-state index contributed by atoms with van der Waals surface area (Å²) in [6.07, 6.45) is -2.93. The van der Waals surface area contributed by atoms with Crippen molar-refractivity contribution in [3.8, 4) is 11.5 Å². The molecule has 1 unspecified atom stereocenters. The summed E-state index contributed by atoms with van der Waals surface area (Å²) in [6, 6.07) is 3.02. The summed E-state index contributed by atoms with van der Waals surface area (Å²) in [7, 11) is -4.80. The number of aliphatic hydroxyl groups is 2. The molecule has 16 heteroatoms. The molecular weight excluding hydrogens is 529 g/mol. The lowest BCUT2D eigenvalue weighted by molar-refractivity contribution is -0.116. The molecule has 4 atom stereocenters. The van der Waals surface area contributed by atoms with Crippen LogP contribution in [-0.2, 0) is 20.4 Å². The minimum absolute atomic E-state index is 0.0296. The van der Waals surface area contributed by atoms with E-state index in [1.807, 2.05) is 0 Å². The van der Waals surface area contributed by atoms with Gasteiger partial charge in [-0.3, -0.25) is 4.52 Å². The smallest absolute Gasteiger partial charge is 0.469 e. The fraction of sp³-hybridized carbons (Fsp3) is 0.353. The molecule has 4 rings (SSSR count). The summed E-state index contributed by atoms with van der Waals surface area (Å²) in [5, 5.41) is 34.0. The molecule has 1 aromatic carbocycles. The molecule has 7 N–H and O–H groups in total. The number of hydrogen-bond acceptors (Lipinski definition) is 11. The second-order valence-electron chi connectivity index (χ2n) is 6.98. The van der Waals surface area contributed by atoms with Gasteiger partial charge in [-0.05, 0) is 28.1 Å². The number of benzene rings is 1. The molecule has 0 amide bonds. The fourth-order valence-corrected chi connectivity index (χ4v) is 3.90. The fourth-order valence-electron chi connectivity index (χ4n) is 3.19. The summed E-state index contributed by atoms with van der Waals surface area (Å²) >= 11 is 3.24. The number of aromatic amines is 1. The lowest BCUT2D eigenvalue weighted by atomic mass is 10.1. The van der Waals surface area contributed by atoms with Crippen LogP contribution in [0.4, 0.5) is 5.82 Å². The molecule has 33 heavy (non-hydrogen) atoms. The monoisotopic (exact) mass is 547 g/mol. The quantitative estimate of drug-likeness (QED) is 0.190. The number of phosphoric acid groups is 1. The van der Waals surface area contributed by atoms with E-state index < -0.39 is 39.0 Å². The number of rotatable bonds is 8. The average molecular weight is 548 g/mol. The molecule has 1 saturated heterocycles. The van der Waals surface area contributed by atoms with Crippen LogP contribution in [0.25, 0.3) is 11.2 Å². The first kappa shape index (κ1) is 23.8. The maximum absolute atomic E-state index is 10.9. The van der Waals surface area contributed by atoms with Gasteiger partial charge < -0.3 is 44.9 Å². The van der Waals surface area contributed by atoms with E-state index in [0.29, 0.717) is 21.5 Å². The van der Waals surface area contributed by atoms with E-state index in [0.717, 1.165) is 0 Å². The number of fused-ring (bicyclic) bond motifs is 1. The van der Waals surface area contributed by atoms with Crippen LogP contribution < -0.4 is 10.1 Å². The highest BCUT2D eigenvalue weighted by molar-refractivity contribution is 9.10. The number of hydrogen-bond donors (Lipinski definition) is 7. The third-order valence-electron chi connectivity index (χ3n) is 4.81. The first-order valence-electron chi connectivity index (χ1n) is 9.40. The van der Waals surface area contributed by atoms with Crippen molar-refractivity contribution >= 4 is 40.7 Å². The number of halogens is 1. The third-order valence-corrected chi connectivity index (χ3v) is 5.94. The van der Waals surface area contributed by atoms with Crippen molar-refractivity contribution in [3.05, 3.63) is 34.8 Å². The van der Waals surface area contributed by atoms with Crippen LogP contribution in [0.1, 0.15) is 5.56 Å². The van der Waals surface area contributed by atoms with E-state index in [4.69, 9.17) is 19.3 Å². The Bertz CT molecular complexity index is 1190. The minimum Gasteiger partial charge on any atom is -0.506 e. The molecule has 0 aliphatic carbocycles. The predicted octanol–water partition coefficient (Wildman–Crippen LogP) is 0.368. The van der Waals surface area contributed by atoms with E-state index in [1.165, 1.54) is 24.8 Å². The number of anilines is 1. The summed E-state index contributed by atoms with van der Waals surface area (Å²) in [5.74, 6) is 0.389. The van der Waals surface area contributed by atoms with Crippen LogP contribution in [0, 0.1) is 0 Å². The van der Waals surface area contributed by atoms with E-state index in [1.54, 1.807) is 0 Å². The molecular formula is C17H19BrN5O9P. The molecule has 1 aliphatic rings. The zero-order chi connectivity index (χ0) is 23.8. The van der Waals surface area contributed by atoms with Gasteiger partial charge in [0.1, 0.15) is 41.7 Å². The molecule has 1 fully saturated rings. The van der Waals surface area contributed by atoms with Crippen LogP contribution in [0.15, 0.2) is 29.3 Å². The maximum Gasteiger partial charge on any atom is 0.469 e. The maximum atomic E-state index is 10.9. The van der Waals surface area contributed by atoms with Gasteiger partial charge in [0.2, 0.25) is 6.29 Å². The molecule has 3 aromatic rings. The van der Waals surface area contributed by atoms with Gasteiger partial charge in [0.25, 0.3) is 0 Å². The van der Waals surface area contributed by atoms with Crippen molar-refractivity contribution in [2.45, 2.75) is 31.1 Å². The zero-order valence-electron chi connectivity index (χ0n) is 16.6. The number of ether oxygens (including phenoxy) is 2. The van der Waals surface area contributed by atoms with Gasteiger partial charge >= 0.3 is 7.82 Å². The van der Waals surface area contributed by atoms with Crippen LogP contribution >= 0.6 is 23.8 Å². The largest absolute Gasteiger partial charge is 0.506 e. The van der Waals surface area contributed by atoms with Gasteiger partial charge in [0.05, 0.1) is 23.0 Å². The van der Waals surface area contributed by atoms with Gasteiger partial charge in [-0.2, -0.15) is 0 Å². The lowest BCUT2D eigenvalue weighted by Crippen LogP contribution is -2.36. The van der Waals surface area contributed by atoms with E-state index in [2.05, 4.69) is 45.7 Å². The van der Waals surface area contributed by atoms with Crippen molar-refractivity contribution in [3.63, 3.8) is 0 Å². The second-order valence-corrected chi connectivity index (χ2v) is 9.07. The Morgan fingerprint density at radius 1 is 1.21 bits per heavy atom. The summed E-state index contributed by atoms with van der Waals surface area (Å²) in [5.41, 5.74) is 1.28. The number of imidazole rings is 1. The highest BCUT2D eigenvalue weighted by Gasteiger charge is 2.45. The number of aromatic hydroxyl groups is 1. The Morgan fingerprint density at radius 2 is 2.00 bits per heavy atom. The van der Waals surface area contributed by atoms with E-state index in [9.17, 15) is 19.9 Å². The van der Waals surface area contributed by atoms with E-state index >= 15 is 0 Å². The number of phosphoric ester groups is 1. The van der Waals surface area contributed by atoms with Crippen LogP contribution in [0.5, 0.6) is 11.5 Å². The van der Waals surface area contributed by atoms with Crippen LogP contribution in [0.2, 0.25) is 0 Å². The second kappa shape index (κ2) is 9.48. The number of nitrogens with zero attached hydrogens (tertiary/aromatic N) is 3. The average Bonchev–Trinajstić information content (AvgIpc) is 3.35. The number of phenols is 1. The first-order valence-corrected chi connectivity index (χ1v) is 11.7. The molecule has 0 radical (unpaired) electrons. The van der Waals surface area contributed by atoms with Crippen LogP contribution in [0.3, 0.4) is 0 Å². The molecule has 1 aliphatic heterocycles. The Hall–Kier alpha value is -2.36. The summed E-state index contributed by atoms with van der Waals surface area (Å²) < 4.78 is 26.7. The van der Waals surface area contributed by atoms with Crippen LogP contribution in [-0.4, -0.2) is 76.3 Å². The van der Waals surface area contributed by atoms with Gasteiger partial charge in [0, 0.05) is 6.54 Å². The zero-order valence-corrected chi connectivity index (χ0v) is 19.0. The molecule has 14 nitrogen and oxygen atoms in total. The van der Waals surface area contributed by atoms with E-state index in [-0.39, 0.29) is 23.6 Å². The number of H-pyrrole nitrogens is 1. The topological polar surface area (TPSA) is 212 Å². The van der Waals surface area contributed by atoms with Crippen molar-refractivity contribution in [2.75, 3.05) is 11.9 Å². The number of nitrogens with one attached hydrogen (secondary N) is 2. The van der Waals surface area contributed by atoms with Crippen molar-refractivity contribution < 1.29 is 43.7 Å². The molecule has 3 heterocycles. The molecule has 0 saturated carbocycles. The normalized spacial score (nSPS) is 23.2. The summed E-state index contributed by atoms with van der Waals surface area (Å²) in [6.45, 7) is -0.641. The minimum atomic E-state index is -4.80. The molecule has 178 valence electrons. The lowest BCUT2D eigenvalue weighted by Gasteiger charge is -2.20. The standard InChI is InChI=1S/C17H19BrN5O9P/c18-8-1-2-9(31-17-14(26)13(25)10(32-17)4-30-33(27,28)29)7(12(8)24)3-19-15-11-16(21-5-20-11)23-6-22-15/h1-2,5-6,10,13-14,17,24-26H,3-4H2,(H2,27,28,29)(H2,19,20,21,22,23)/t10-,13-,14-,17?/m1/s1. The van der Waals surface area contributed by atoms with Gasteiger partial charge in [-0.15, -0.1) is 0 Å². The number of aliphatic hydroxyl groups excluding tert-OH is 2. The van der Waals surface area contributed by atoms with Crippen molar-refractivity contribution in [1.29, 1.82) is 0 Å². The number of aromatic nitrogens is 4. The Morgan fingerprint density at radius 3 is 2.76 bits per heavy atom. The van der Waals surface area contributed by atoms with Gasteiger partial charge in [-0.25, -0.2) is 19.5 Å². The molecule has 0 bridgehead atoms. The molecule has 2 aromatic heterocycles. The Kier molecular flexibility index (Phi) is 6.83. The molecule has 0 spiro atoms. The predicted molar refractivity (Wildman–Crippen MR) is 114 cm³/mol. The number of phenolic OH excluding ortho intramolecular Hbond substituents is 1. The Balaban J connectivity index is 1.52. The third kappa shape index (κ3) is 5.26. The highest BCUT2D eigenvalue weighted by atomic mass is 79.9. The first-order chi connectivity index (χ1) is 15.6. The Labute approximate surface area is 194 Å².